The molecule has 3 fully saturated rings. The zero-order chi connectivity index (χ0) is 26.5. The van der Waals surface area contributed by atoms with Gasteiger partial charge in [0, 0.05) is 58.2 Å². The van der Waals surface area contributed by atoms with Gasteiger partial charge in [0.05, 0.1) is 25.2 Å². The number of aromatic nitrogens is 2. The average Bonchev–Trinajstić information content (AvgIpc) is 3.63. The molecule has 1 amide bonds. The molecule has 1 aromatic carbocycles. The highest BCUT2D eigenvalue weighted by molar-refractivity contribution is 5.85. The van der Waals surface area contributed by atoms with Crippen LogP contribution >= 0.6 is 0 Å². The Labute approximate surface area is 217 Å². The monoisotopic (exact) mass is 515 g/mol. The second kappa shape index (κ2) is 14.5. The molecule has 11 nitrogen and oxygen atoms in total. The van der Waals surface area contributed by atoms with E-state index in [0.29, 0.717) is 5.91 Å². The van der Waals surface area contributed by atoms with Gasteiger partial charge in [0.2, 0.25) is 5.91 Å². The summed E-state index contributed by atoms with van der Waals surface area (Å²) in [5, 5.41) is 18.1. The van der Waals surface area contributed by atoms with Crippen LogP contribution in [0.5, 0.6) is 0 Å². The van der Waals surface area contributed by atoms with Gasteiger partial charge in [0.25, 0.3) is 12.9 Å². The molecule has 4 heterocycles. The minimum Gasteiger partial charge on any atom is -0.483 e. The molecule has 1 aromatic heterocycles. The van der Waals surface area contributed by atoms with Crippen LogP contribution in [0, 0.1) is 5.41 Å². The lowest BCUT2D eigenvalue weighted by molar-refractivity contribution is -0.135. The fourth-order valence-electron chi connectivity index (χ4n) is 5.33. The van der Waals surface area contributed by atoms with Gasteiger partial charge in [-0.1, -0.05) is 24.3 Å². The van der Waals surface area contributed by atoms with Gasteiger partial charge in [0.1, 0.15) is 0 Å². The smallest absolute Gasteiger partial charge is 0.290 e. The molecule has 1 spiro atoms. The van der Waals surface area contributed by atoms with Crippen LogP contribution < -0.4 is 0 Å². The van der Waals surface area contributed by atoms with Gasteiger partial charge in [0.15, 0.2) is 0 Å². The molecular weight excluding hydrogens is 478 g/mol. The molecule has 0 saturated carbocycles. The molecule has 2 aromatic rings. The first-order valence-electron chi connectivity index (χ1n) is 12.6. The lowest BCUT2D eigenvalue weighted by Gasteiger charge is -2.29. The molecule has 5 rings (SSSR count). The number of benzene rings is 1. The Morgan fingerprint density at radius 2 is 1.59 bits per heavy atom. The van der Waals surface area contributed by atoms with Gasteiger partial charge in [-0.2, -0.15) is 5.10 Å². The Balaban J connectivity index is 0.000000580. The van der Waals surface area contributed by atoms with E-state index in [1.54, 1.807) is 0 Å². The number of carbonyl (C=O) groups is 3. The summed E-state index contributed by atoms with van der Waals surface area (Å²) in [6, 6.07) is 10.7. The molecule has 0 bridgehead atoms. The second-order valence-electron chi connectivity index (χ2n) is 9.47. The zero-order valence-electron chi connectivity index (χ0n) is 21.2. The standard InChI is InChI=1S/C24H33N5O2.2CH2O2/c30-23-24(6-10-28(23)12-11-26-13-15-31-16-14-26)5-9-27(20-24)18-21-3-1-4-22(17-21)19-29-8-2-7-25-29;2*2-1-3/h1-4,7-8,17H,5-6,9-16,18-20H2;2*1H,(H,2,3). The van der Waals surface area contributed by atoms with Crippen molar-refractivity contribution in [2.45, 2.75) is 25.9 Å². The van der Waals surface area contributed by atoms with E-state index in [2.05, 4.69) is 44.1 Å². The first-order chi connectivity index (χ1) is 18.0. The van der Waals surface area contributed by atoms with Crippen LogP contribution in [0.25, 0.3) is 0 Å². The van der Waals surface area contributed by atoms with Crippen molar-refractivity contribution in [3.63, 3.8) is 0 Å². The maximum absolute atomic E-state index is 13.3. The van der Waals surface area contributed by atoms with Gasteiger partial charge in [-0.3, -0.25) is 28.9 Å². The van der Waals surface area contributed by atoms with E-state index in [0.717, 1.165) is 85.0 Å². The zero-order valence-corrected chi connectivity index (χ0v) is 21.2. The quantitative estimate of drug-likeness (QED) is 0.521. The Hall–Kier alpha value is -3.28. The van der Waals surface area contributed by atoms with Crippen molar-refractivity contribution in [3.8, 4) is 0 Å². The number of carboxylic acid groups (broad SMARTS) is 2. The van der Waals surface area contributed by atoms with E-state index >= 15 is 0 Å². The van der Waals surface area contributed by atoms with Gasteiger partial charge in [-0.05, 0) is 36.6 Å². The summed E-state index contributed by atoms with van der Waals surface area (Å²) in [6.45, 7) is 9.45. The van der Waals surface area contributed by atoms with E-state index in [1.807, 2.05) is 23.1 Å². The average molecular weight is 516 g/mol. The van der Waals surface area contributed by atoms with Crippen LogP contribution in [0.1, 0.15) is 24.0 Å². The largest absolute Gasteiger partial charge is 0.483 e. The number of nitrogens with zero attached hydrogens (tertiary/aromatic N) is 5. The summed E-state index contributed by atoms with van der Waals surface area (Å²) < 4.78 is 7.38. The lowest BCUT2D eigenvalue weighted by atomic mass is 9.85. The maximum atomic E-state index is 13.3. The van der Waals surface area contributed by atoms with Gasteiger partial charge in [-0.25, -0.2) is 0 Å². The molecule has 3 aliphatic heterocycles. The number of hydrogen-bond acceptors (Lipinski definition) is 7. The Bertz CT molecular complexity index is 976. The maximum Gasteiger partial charge on any atom is 0.290 e. The SMILES string of the molecule is O=C1N(CCN2CCOCC2)CCC12CCN(Cc1cccc(Cn3cccn3)c1)C2.O=CO.O=CO. The molecule has 0 radical (unpaired) electrons. The number of morpholine rings is 1. The molecule has 37 heavy (non-hydrogen) atoms. The molecule has 0 aliphatic carbocycles. The predicted molar refractivity (Wildman–Crippen MR) is 136 cm³/mol. The van der Waals surface area contributed by atoms with Crippen molar-refractivity contribution in [3.05, 3.63) is 53.9 Å². The molecule has 2 N–H and O–H groups in total. The van der Waals surface area contributed by atoms with Crippen LogP contribution in [0.3, 0.4) is 0 Å². The topological polar surface area (TPSA) is 128 Å². The molecule has 1 atom stereocenters. The normalized spacial score (nSPS) is 21.7. The predicted octanol–water partition coefficient (Wildman–Crippen LogP) is 1.09. The molecule has 202 valence electrons. The van der Waals surface area contributed by atoms with Crippen LogP contribution in [-0.4, -0.2) is 113 Å². The van der Waals surface area contributed by atoms with E-state index < -0.39 is 0 Å². The fourth-order valence-corrected chi connectivity index (χ4v) is 5.33. The summed E-state index contributed by atoms with van der Waals surface area (Å²) in [6.07, 6.45) is 5.81. The van der Waals surface area contributed by atoms with Gasteiger partial charge in [-0.15, -0.1) is 0 Å². The van der Waals surface area contributed by atoms with Crippen molar-refractivity contribution >= 4 is 18.9 Å². The highest BCUT2D eigenvalue weighted by atomic mass is 16.5. The van der Waals surface area contributed by atoms with E-state index in [1.165, 1.54) is 11.1 Å². The minimum atomic E-state index is -0.250. The van der Waals surface area contributed by atoms with Gasteiger partial charge >= 0.3 is 0 Å². The van der Waals surface area contributed by atoms with Crippen LogP contribution in [0.4, 0.5) is 0 Å². The van der Waals surface area contributed by atoms with Crippen molar-refractivity contribution in [2.24, 2.45) is 5.41 Å². The highest BCUT2D eigenvalue weighted by Gasteiger charge is 2.50. The molecule has 11 heteroatoms. The Kier molecular flexibility index (Phi) is 11.1. The van der Waals surface area contributed by atoms with Crippen molar-refractivity contribution < 1.29 is 29.3 Å². The van der Waals surface area contributed by atoms with Crippen LogP contribution in [0.15, 0.2) is 42.7 Å². The third kappa shape index (κ3) is 8.11. The van der Waals surface area contributed by atoms with Crippen LogP contribution in [0.2, 0.25) is 0 Å². The van der Waals surface area contributed by atoms with E-state index in [-0.39, 0.29) is 18.4 Å². The second-order valence-corrected chi connectivity index (χ2v) is 9.47. The summed E-state index contributed by atoms with van der Waals surface area (Å²) >= 11 is 0. The lowest BCUT2D eigenvalue weighted by Crippen LogP contribution is -2.43. The van der Waals surface area contributed by atoms with E-state index in [4.69, 9.17) is 24.5 Å². The molecular formula is C26H37N5O6. The third-order valence-electron chi connectivity index (χ3n) is 7.13. The van der Waals surface area contributed by atoms with Crippen molar-refractivity contribution in [2.75, 3.05) is 59.0 Å². The Morgan fingerprint density at radius 1 is 0.919 bits per heavy atom. The number of likely N-dealkylation sites (tertiary alicyclic amines) is 2. The van der Waals surface area contributed by atoms with Crippen molar-refractivity contribution in [1.82, 2.24) is 24.5 Å². The first-order valence-corrected chi connectivity index (χ1v) is 12.6. The van der Waals surface area contributed by atoms with Gasteiger partial charge < -0.3 is 19.8 Å². The Morgan fingerprint density at radius 3 is 2.27 bits per heavy atom. The number of amides is 1. The summed E-state index contributed by atoms with van der Waals surface area (Å²) in [7, 11) is 0. The summed E-state index contributed by atoms with van der Waals surface area (Å²) in [5.41, 5.74) is 2.43. The molecule has 1 unspecified atom stereocenters. The molecule has 3 saturated heterocycles. The van der Waals surface area contributed by atoms with E-state index in [9.17, 15) is 4.79 Å². The summed E-state index contributed by atoms with van der Waals surface area (Å²) in [4.78, 5) is 37.0. The number of hydrogen-bond donors (Lipinski definition) is 2. The summed E-state index contributed by atoms with van der Waals surface area (Å²) in [5.74, 6) is 0.385. The highest BCUT2D eigenvalue weighted by Crippen LogP contribution is 2.41. The van der Waals surface area contributed by atoms with Crippen molar-refractivity contribution in [1.29, 1.82) is 0 Å². The minimum absolute atomic E-state index is 0.155. The number of ether oxygens (including phenoxy) is 1. The third-order valence-corrected chi connectivity index (χ3v) is 7.13. The molecule has 3 aliphatic rings. The van der Waals surface area contributed by atoms with Crippen LogP contribution in [-0.2, 0) is 32.2 Å². The fraction of sp³-hybridized carbons (Fsp3) is 0.538. The number of carbonyl (C=O) groups excluding carboxylic acids is 1. The number of rotatable bonds is 7. The first kappa shape index (κ1) is 28.3.